The van der Waals surface area contributed by atoms with Crippen molar-refractivity contribution < 1.29 is 9.47 Å². The number of methoxy groups -OCH3 is 1. The molecule has 3 nitrogen and oxygen atoms in total. The first-order valence-corrected chi connectivity index (χ1v) is 11.4. The van der Waals surface area contributed by atoms with Gasteiger partial charge in [0.1, 0.15) is 6.61 Å². The largest absolute Gasteiger partial charge is 0.493 e. The average molecular weight is 499 g/mol. The number of benzene rings is 2. The molecule has 2 aromatic carbocycles. The molecule has 6 heteroatoms. The molecule has 0 radical (unpaired) electrons. The molecule has 1 N–H and O–H groups in total. The lowest BCUT2D eigenvalue weighted by Gasteiger charge is -2.16. The van der Waals surface area contributed by atoms with E-state index in [4.69, 9.17) is 32.7 Å². The minimum atomic E-state index is 0.339. The quantitative estimate of drug-likeness (QED) is 0.290. The van der Waals surface area contributed by atoms with E-state index in [1.165, 1.54) is 25.7 Å². The van der Waals surface area contributed by atoms with Gasteiger partial charge in [-0.3, -0.25) is 0 Å². The van der Waals surface area contributed by atoms with Crippen LogP contribution in [0.25, 0.3) is 0 Å². The molecule has 0 heterocycles. The first-order chi connectivity index (χ1) is 14.1. The number of hydrogen-bond donors (Lipinski definition) is 1. The second-order valence-electron chi connectivity index (χ2n) is 7.15. The van der Waals surface area contributed by atoms with Crippen LogP contribution in [0.1, 0.15) is 43.2 Å². The number of nitrogens with one attached hydrogen (secondary N) is 1. The number of halogens is 3. The predicted molar refractivity (Wildman–Crippen MR) is 124 cm³/mol. The molecular weight excluding hydrogens is 473 g/mol. The highest BCUT2D eigenvalue weighted by Crippen LogP contribution is 2.34. The second-order valence-corrected chi connectivity index (χ2v) is 8.85. The zero-order chi connectivity index (χ0) is 20.6. The molecule has 156 valence electrons. The summed E-state index contributed by atoms with van der Waals surface area (Å²) in [6.45, 7) is 2.09. The van der Waals surface area contributed by atoms with E-state index in [0.717, 1.165) is 35.1 Å². The lowest BCUT2D eigenvalue weighted by atomic mass is 9.97. The molecule has 0 fully saturated rings. The van der Waals surface area contributed by atoms with Gasteiger partial charge in [0.2, 0.25) is 0 Å². The molecule has 0 bridgehead atoms. The number of ether oxygens (including phenoxy) is 2. The molecule has 1 aliphatic rings. The standard InChI is InChI=1S/C23H26BrCl2NO2/c1-28-22-11-18(14-27-10-9-16-5-3-2-4-6-16)20(24)13-23(22)29-15-17-7-8-19(25)12-21(17)26/h5,7-8,11-13,27H,2-4,6,9-10,14-15H2,1H3. The van der Waals surface area contributed by atoms with Gasteiger partial charge < -0.3 is 14.8 Å². The molecule has 2 aromatic rings. The number of allylic oxidation sites excluding steroid dienone is 1. The van der Waals surface area contributed by atoms with Crippen LogP contribution in [0.15, 0.2) is 46.5 Å². The van der Waals surface area contributed by atoms with Crippen molar-refractivity contribution in [2.24, 2.45) is 0 Å². The van der Waals surface area contributed by atoms with E-state index in [2.05, 4.69) is 27.3 Å². The van der Waals surface area contributed by atoms with E-state index in [9.17, 15) is 0 Å². The summed E-state index contributed by atoms with van der Waals surface area (Å²) < 4.78 is 12.5. The van der Waals surface area contributed by atoms with Crippen LogP contribution >= 0.6 is 39.1 Å². The number of hydrogen-bond acceptors (Lipinski definition) is 3. The highest BCUT2D eigenvalue weighted by atomic mass is 79.9. The van der Waals surface area contributed by atoms with Gasteiger partial charge in [-0.15, -0.1) is 0 Å². The van der Waals surface area contributed by atoms with Crippen LogP contribution in [-0.4, -0.2) is 13.7 Å². The van der Waals surface area contributed by atoms with Gasteiger partial charge >= 0.3 is 0 Å². The fourth-order valence-electron chi connectivity index (χ4n) is 3.38. The maximum atomic E-state index is 6.24. The SMILES string of the molecule is COc1cc(CNCCC2=CCCCC2)c(Br)cc1OCc1ccc(Cl)cc1Cl. The summed E-state index contributed by atoms with van der Waals surface area (Å²) in [6, 6.07) is 9.34. The molecule has 0 aliphatic heterocycles. The maximum Gasteiger partial charge on any atom is 0.162 e. The van der Waals surface area contributed by atoms with Crippen molar-refractivity contribution in [3.63, 3.8) is 0 Å². The van der Waals surface area contributed by atoms with Crippen molar-refractivity contribution in [3.8, 4) is 11.5 Å². The summed E-state index contributed by atoms with van der Waals surface area (Å²) in [6.07, 6.45) is 8.68. The van der Waals surface area contributed by atoms with Crippen molar-refractivity contribution in [1.29, 1.82) is 0 Å². The third-order valence-electron chi connectivity index (χ3n) is 5.05. The molecule has 0 spiro atoms. The summed E-state index contributed by atoms with van der Waals surface area (Å²) in [5, 5.41) is 4.73. The molecule has 0 atom stereocenters. The summed E-state index contributed by atoms with van der Waals surface area (Å²) in [5.74, 6) is 1.37. The summed E-state index contributed by atoms with van der Waals surface area (Å²) >= 11 is 15.9. The van der Waals surface area contributed by atoms with Crippen molar-refractivity contribution in [3.05, 3.63) is 67.6 Å². The Morgan fingerprint density at radius 1 is 1.07 bits per heavy atom. The first-order valence-electron chi connectivity index (χ1n) is 9.88. The van der Waals surface area contributed by atoms with Crippen LogP contribution in [0.3, 0.4) is 0 Å². The van der Waals surface area contributed by atoms with E-state index in [1.807, 2.05) is 18.2 Å². The minimum absolute atomic E-state index is 0.339. The van der Waals surface area contributed by atoms with Gasteiger partial charge in [0, 0.05) is 26.6 Å². The fourth-order valence-corrected chi connectivity index (χ4v) is 4.31. The van der Waals surface area contributed by atoms with Crippen molar-refractivity contribution >= 4 is 39.1 Å². The predicted octanol–water partition coefficient (Wildman–Crippen LogP) is 7.32. The molecule has 0 saturated heterocycles. The van der Waals surface area contributed by atoms with Gasteiger partial charge in [-0.1, -0.05) is 56.8 Å². The Balaban J connectivity index is 1.58. The van der Waals surface area contributed by atoms with Crippen LogP contribution in [0.4, 0.5) is 0 Å². The third kappa shape index (κ3) is 6.65. The van der Waals surface area contributed by atoms with Crippen molar-refractivity contribution in [1.82, 2.24) is 5.32 Å². The Labute approximate surface area is 191 Å². The highest BCUT2D eigenvalue weighted by molar-refractivity contribution is 9.10. The maximum absolute atomic E-state index is 6.24. The van der Waals surface area contributed by atoms with E-state index in [-0.39, 0.29) is 0 Å². The van der Waals surface area contributed by atoms with Crippen LogP contribution < -0.4 is 14.8 Å². The van der Waals surface area contributed by atoms with Crippen LogP contribution in [-0.2, 0) is 13.2 Å². The molecule has 0 aromatic heterocycles. The number of rotatable bonds is 9. The molecule has 0 unspecified atom stereocenters. The van der Waals surface area contributed by atoms with E-state index in [0.29, 0.717) is 28.2 Å². The summed E-state index contributed by atoms with van der Waals surface area (Å²) in [4.78, 5) is 0. The summed E-state index contributed by atoms with van der Waals surface area (Å²) in [5.41, 5.74) is 3.60. The van der Waals surface area contributed by atoms with E-state index in [1.54, 1.807) is 24.8 Å². The molecule has 1 aliphatic carbocycles. The Morgan fingerprint density at radius 2 is 1.93 bits per heavy atom. The molecule has 0 saturated carbocycles. The van der Waals surface area contributed by atoms with E-state index >= 15 is 0 Å². The van der Waals surface area contributed by atoms with E-state index < -0.39 is 0 Å². The van der Waals surface area contributed by atoms with Crippen molar-refractivity contribution in [2.45, 2.75) is 45.3 Å². The van der Waals surface area contributed by atoms with Gasteiger partial charge in [-0.25, -0.2) is 0 Å². The zero-order valence-electron chi connectivity index (χ0n) is 16.6. The first kappa shape index (κ1) is 22.5. The monoisotopic (exact) mass is 497 g/mol. The Hall–Kier alpha value is -1.20. The van der Waals surface area contributed by atoms with Gasteiger partial charge in [0.25, 0.3) is 0 Å². The van der Waals surface area contributed by atoms with Crippen LogP contribution in [0.2, 0.25) is 10.0 Å². The normalized spacial score (nSPS) is 13.9. The lowest BCUT2D eigenvalue weighted by Crippen LogP contribution is -2.16. The van der Waals surface area contributed by atoms with Gasteiger partial charge in [-0.05, 0) is 68.5 Å². The average Bonchev–Trinajstić information content (AvgIpc) is 2.72. The van der Waals surface area contributed by atoms with Gasteiger partial charge in [0.15, 0.2) is 11.5 Å². The smallest absolute Gasteiger partial charge is 0.162 e. The second kappa shape index (κ2) is 11.3. The fraction of sp³-hybridized carbons (Fsp3) is 0.391. The topological polar surface area (TPSA) is 30.5 Å². The van der Waals surface area contributed by atoms with Crippen LogP contribution in [0, 0.1) is 0 Å². The lowest BCUT2D eigenvalue weighted by molar-refractivity contribution is 0.284. The Morgan fingerprint density at radius 3 is 2.66 bits per heavy atom. The van der Waals surface area contributed by atoms with Crippen LogP contribution in [0.5, 0.6) is 11.5 Å². The molecule has 3 rings (SSSR count). The van der Waals surface area contributed by atoms with Gasteiger partial charge in [0.05, 0.1) is 7.11 Å². The Kier molecular flexibility index (Phi) is 8.73. The van der Waals surface area contributed by atoms with Gasteiger partial charge in [-0.2, -0.15) is 0 Å². The highest BCUT2D eigenvalue weighted by Gasteiger charge is 2.12. The Bertz CT molecular complexity index is 870. The minimum Gasteiger partial charge on any atom is -0.493 e. The molecular formula is C23H26BrCl2NO2. The third-order valence-corrected chi connectivity index (χ3v) is 6.38. The zero-order valence-corrected chi connectivity index (χ0v) is 19.7. The molecule has 29 heavy (non-hydrogen) atoms. The molecule has 0 amide bonds. The van der Waals surface area contributed by atoms with Crippen molar-refractivity contribution in [2.75, 3.05) is 13.7 Å². The summed E-state index contributed by atoms with van der Waals surface area (Å²) in [7, 11) is 1.65.